The maximum atomic E-state index is 10.6. The summed E-state index contributed by atoms with van der Waals surface area (Å²) in [6.45, 7) is 3.91. The van der Waals surface area contributed by atoms with Gasteiger partial charge in [-0.3, -0.25) is 0 Å². The highest BCUT2D eigenvalue weighted by Gasteiger charge is 2.33. The van der Waals surface area contributed by atoms with Crippen LogP contribution in [0, 0.1) is 6.92 Å². The van der Waals surface area contributed by atoms with Crippen molar-refractivity contribution >= 4 is 0 Å². The van der Waals surface area contributed by atoms with Gasteiger partial charge in [0.05, 0.1) is 0 Å². The van der Waals surface area contributed by atoms with Gasteiger partial charge in [0.2, 0.25) is 0 Å². The van der Waals surface area contributed by atoms with E-state index >= 15 is 0 Å². The molecule has 82 valence electrons. The summed E-state index contributed by atoms with van der Waals surface area (Å²) >= 11 is 0. The highest BCUT2D eigenvalue weighted by molar-refractivity contribution is 5.27. The second-order valence-corrected chi connectivity index (χ2v) is 4.74. The molecule has 1 aliphatic rings. The third-order valence-electron chi connectivity index (χ3n) is 3.25. The zero-order chi connectivity index (χ0) is 10.9. The molecule has 1 saturated heterocycles. The number of β-amino-alcohol motifs (C(OH)–C–C–N with tert-alkyl or cyclic N) is 1. The molecule has 2 rings (SSSR count). The quantitative estimate of drug-likeness (QED) is 0.757. The first-order valence-electron chi connectivity index (χ1n) is 5.58. The molecular formula is C13H19NO. The lowest BCUT2D eigenvalue weighted by Gasteiger charge is -2.37. The van der Waals surface area contributed by atoms with Crippen LogP contribution in [0.5, 0.6) is 0 Å². The smallest absolute Gasteiger partial charge is 0.102 e. The van der Waals surface area contributed by atoms with Crippen LogP contribution >= 0.6 is 0 Å². The van der Waals surface area contributed by atoms with Gasteiger partial charge in [0.25, 0.3) is 0 Å². The molecule has 1 aromatic rings. The summed E-state index contributed by atoms with van der Waals surface area (Å²) in [5, 5.41) is 10.6. The molecule has 0 spiro atoms. The number of aliphatic hydroxyl groups is 1. The summed E-state index contributed by atoms with van der Waals surface area (Å²) in [6.07, 6.45) is 1.95. The summed E-state index contributed by atoms with van der Waals surface area (Å²) in [6, 6.07) is 8.24. The van der Waals surface area contributed by atoms with Crippen LogP contribution in [0.15, 0.2) is 24.3 Å². The molecule has 1 fully saturated rings. The average Bonchev–Trinajstić information content (AvgIpc) is 2.18. The lowest BCUT2D eigenvalue weighted by molar-refractivity contribution is -0.0277. The number of hydrogen-bond acceptors (Lipinski definition) is 2. The number of piperidine rings is 1. The Morgan fingerprint density at radius 3 is 2.53 bits per heavy atom. The summed E-state index contributed by atoms with van der Waals surface area (Å²) < 4.78 is 0. The Labute approximate surface area is 91.5 Å². The molecule has 0 saturated carbocycles. The van der Waals surface area contributed by atoms with Crippen LogP contribution in [-0.2, 0) is 5.60 Å². The molecule has 0 aliphatic carbocycles. The van der Waals surface area contributed by atoms with Crippen LogP contribution in [0.1, 0.15) is 24.0 Å². The van der Waals surface area contributed by atoms with E-state index in [9.17, 15) is 5.11 Å². The van der Waals surface area contributed by atoms with Crippen molar-refractivity contribution in [3.05, 3.63) is 35.4 Å². The second kappa shape index (κ2) is 3.95. The molecule has 1 atom stereocenters. The van der Waals surface area contributed by atoms with E-state index in [1.165, 1.54) is 5.56 Å². The van der Waals surface area contributed by atoms with Crippen molar-refractivity contribution in [1.82, 2.24) is 4.90 Å². The van der Waals surface area contributed by atoms with E-state index in [4.69, 9.17) is 0 Å². The molecular weight excluding hydrogens is 186 g/mol. The molecule has 1 N–H and O–H groups in total. The van der Waals surface area contributed by atoms with Crippen molar-refractivity contribution in [3.63, 3.8) is 0 Å². The van der Waals surface area contributed by atoms with Gasteiger partial charge < -0.3 is 10.0 Å². The highest BCUT2D eigenvalue weighted by Crippen LogP contribution is 2.30. The molecule has 0 amide bonds. The average molecular weight is 205 g/mol. The minimum atomic E-state index is -0.638. The first-order valence-corrected chi connectivity index (χ1v) is 5.58. The zero-order valence-corrected chi connectivity index (χ0v) is 9.53. The third kappa shape index (κ3) is 2.21. The van der Waals surface area contributed by atoms with Crippen molar-refractivity contribution in [2.75, 3.05) is 20.1 Å². The van der Waals surface area contributed by atoms with E-state index in [2.05, 4.69) is 43.1 Å². The number of likely N-dealkylation sites (N-methyl/N-ethyl adjacent to an activating group) is 1. The van der Waals surface area contributed by atoms with Crippen LogP contribution in [0.3, 0.4) is 0 Å². The number of nitrogens with zero attached hydrogens (tertiary/aromatic N) is 1. The molecule has 0 radical (unpaired) electrons. The Morgan fingerprint density at radius 1 is 1.27 bits per heavy atom. The lowest BCUT2D eigenvalue weighted by Crippen LogP contribution is -2.44. The van der Waals surface area contributed by atoms with Crippen molar-refractivity contribution in [1.29, 1.82) is 0 Å². The van der Waals surface area contributed by atoms with E-state index in [0.29, 0.717) is 0 Å². The molecule has 2 nitrogen and oxygen atoms in total. The number of hydrogen-bond donors (Lipinski definition) is 1. The van der Waals surface area contributed by atoms with Crippen molar-refractivity contribution in [2.45, 2.75) is 25.4 Å². The fourth-order valence-electron chi connectivity index (χ4n) is 2.35. The Bertz CT molecular complexity index is 333. The van der Waals surface area contributed by atoms with Crippen LogP contribution < -0.4 is 0 Å². The van der Waals surface area contributed by atoms with E-state index in [1.54, 1.807) is 0 Å². The topological polar surface area (TPSA) is 23.5 Å². The molecule has 15 heavy (non-hydrogen) atoms. The number of likely N-dealkylation sites (tertiary alicyclic amines) is 1. The Kier molecular flexibility index (Phi) is 2.81. The van der Waals surface area contributed by atoms with Gasteiger partial charge in [-0.15, -0.1) is 0 Å². The predicted molar refractivity (Wildman–Crippen MR) is 61.8 cm³/mol. The van der Waals surface area contributed by atoms with Crippen molar-refractivity contribution < 1.29 is 5.11 Å². The summed E-state index contributed by atoms with van der Waals surface area (Å²) in [7, 11) is 2.07. The SMILES string of the molecule is Cc1ccc(C2(O)CCCN(C)C2)cc1. The molecule has 0 bridgehead atoms. The number of rotatable bonds is 1. The van der Waals surface area contributed by atoms with Crippen LogP contribution in [0.2, 0.25) is 0 Å². The van der Waals surface area contributed by atoms with Crippen molar-refractivity contribution in [3.8, 4) is 0 Å². The lowest BCUT2D eigenvalue weighted by atomic mass is 9.86. The third-order valence-corrected chi connectivity index (χ3v) is 3.25. The van der Waals surface area contributed by atoms with Gasteiger partial charge in [-0.2, -0.15) is 0 Å². The van der Waals surface area contributed by atoms with Crippen LogP contribution in [0.4, 0.5) is 0 Å². The van der Waals surface area contributed by atoms with Gasteiger partial charge in [-0.05, 0) is 38.9 Å². The Balaban J connectivity index is 2.24. The maximum absolute atomic E-state index is 10.6. The zero-order valence-electron chi connectivity index (χ0n) is 9.53. The minimum absolute atomic E-state index is 0.638. The van der Waals surface area contributed by atoms with Gasteiger partial charge in [0, 0.05) is 6.54 Å². The maximum Gasteiger partial charge on any atom is 0.102 e. The van der Waals surface area contributed by atoms with Gasteiger partial charge in [-0.1, -0.05) is 29.8 Å². The van der Waals surface area contributed by atoms with Crippen LogP contribution in [-0.4, -0.2) is 30.1 Å². The number of aryl methyl sites for hydroxylation is 1. The van der Waals surface area contributed by atoms with Gasteiger partial charge >= 0.3 is 0 Å². The van der Waals surface area contributed by atoms with E-state index in [0.717, 1.165) is 31.5 Å². The molecule has 1 aromatic carbocycles. The number of benzene rings is 1. The molecule has 0 aromatic heterocycles. The molecule has 1 aliphatic heterocycles. The Hall–Kier alpha value is -0.860. The largest absolute Gasteiger partial charge is 0.384 e. The van der Waals surface area contributed by atoms with Gasteiger partial charge in [0.15, 0.2) is 0 Å². The van der Waals surface area contributed by atoms with E-state index < -0.39 is 5.60 Å². The monoisotopic (exact) mass is 205 g/mol. The molecule has 1 heterocycles. The van der Waals surface area contributed by atoms with Gasteiger partial charge in [0.1, 0.15) is 5.60 Å². The second-order valence-electron chi connectivity index (χ2n) is 4.74. The van der Waals surface area contributed by atoms with Crippen LogP contribution in [0.25, 0.3) is 0 Å². The predicted octanol–water partition coefficient (Wildman–Crippen LogP) is 1.91. The Morgan fingerprint density at radius 2 is 1.93 bits per heavy atom. The summed E-state index contributed by atoms with van der Waals surface area (Å²) in [5.74, 6) is 0. The van der Waals surface area contributed by atoms with Crippen molar-refractivity contribution in [2.24, 2.45) is 0 Å². The first-order chi connectivity index (χ1) is 7.10. The van der Waals surface area contributed by atoms with E-state index in [1.807, 2.05) is 0 Å². The summed E-state index contributed by atoms with van der Waals surface area (Å²) in [5.41, 5.74) is 1.66. The molecule has 1 unspecified atom stereocenters. The fourth-order valence-corrected chi connectivity index (χ4v) is 2.35. The first kappa shape index (κ1) is 10.7. The molecule has 2 heteroatoms. The highest BCUT2D eigenvalue weighted by atomic mass is 16.3. The summed E-state index contributed by atoms with van der Waals surface area (Å²) in [4.78, 5) is 2.20. The van der Waals surface area contributed by atoms with E-state index in [-0.39, 0.29) is 0 Å². The standard InChI is InChI=1S/C13H19NO/c1-11-4-6-12(7-5-11)13(15)8-3-9-14(2)10-13/h4-7,15H,3,8-10H2,1-2H3. The van der Waals surface area contributed by atoms with Gasteiger partial charge in [-0.25, -0.2) is 0 Å². The normalized spacial score (nSPS) is 27.9. The fraction of sp³-hybridized carbons (Fsp3) is 0.538. The minimum Gasteiger partial charge on any atom is -0.384 e.